The van der Waals surface area contributed by atoms with E-state index in [1.807, 2.05) is 30.3 Å². The summed E-state index contributed by atoms with van der Waals surface area (Å²) in [7, 11) is 0. The van der Waals surface area contributed by atoms with Gasteiger partial charge in [0.1, 0.15) is 0 Å². The molecule has 0 aromatic heterocycles. The summed E-state index contributed by atoms with van der Waals surface area (Å²) in [5.41, 5.74) is 5.94. The number of primary amides is 1. The fraction of sp³-hybridized carbons (Fsp3) is 0.125. The maximum Gasteiger partial charge on any atom is 0.312 e. The van der Waals surface area contributed by atoms with Crippen molar-refractivity contribution in [3.8, 4) is 0 Å². The number of urea groups is 1. The molecule has 0 aliphatic carbocycles. The van der Waals surface area contributed by atoms with Crippen LogP contribution < -0.4 is 11.1 Å². The average molecular weight is 154 g/mol. The lowest BCUT2D eigenvalue weighted by atomic mass is 10.2. The molecule has 0 saturated carbocycles. The van der Waals surface area contributed by atoms with Gasteiger partial charge in [0.25, 0.3) is 0 Å². The van der Waals surface area contributed by atoms with Gasteiger partial charge in [-0.05, 0) is 5.56 Å². The normalized spacial score (nSPS) is 9.09. The number of amides is 2. The van der Waals surface area contributed by atoms with Crippen molar-refractivity contribution >= 4 is 6.03 Å². The third-order valence-electron chi connectivity index (χ3n) is 1.31. The molecule has 62 valence electrons. The van der Waals surface area contributed by atoms with Crippen molar-refractivity contribution in [3.05, 3.63) is 35.9 Å². The number of carbonyl (C=O) groups is 1. The summed E-state index contributed by atoms with van der Waals surface area (Å²) in [5, 5.41) is 2.50. The highest BCUT2D eigenvalue weighted by Crippen LogP contribution is 1.96. The molecule has 0 bridgehead atoms. The summed E-state index contributed by atoms with van der Waals surface area (Å²) in [6.07, 6.45) is 0. The molecule has 2 amide bonds. The molecule has 11 heavy (non-hydrogen) atoms. The van der Waals surface area contributed by atoms with Crippen LogP contribution in [0.4, 0.5) is 4.79 Å². The number of benzene rings is 1. The molecule has 1 aromatic rings. The first-order chi connectivity index (χ1) is 5.29. The van der Waals surface area contributed by atoms with Gasteiger partial charge in [0.15, 0.2) is 0 Å². The summed E-state index contributed by atoms with van der Waals surface area (Å²) >= 11 is 0. The fourth-order valence-electron chi connectivity index (χ4n) is 0.785. The Hall–Kier alpha value is -1.51. The van der Waals surface area contributed by atoms with E-state index < -0.39 is 6.03 Å². The second kappa shape index (κ2) is 3.61. The number of hydrogen-bond acceptors (Lipinski definition) is 1. The molecule has 0 aliphatic heterocycles. The van der Waals surface area contributed by atoms with Crippen LogP contribution in [0.2, 0.25) is 0 Å². The highest BCUT2D eigenvalue weighted by atomic mass is 16.2. The summed E-state index contributed by atoms with van der Waals surface area (Å²) in [5.74, 6) is 0. The van der Waals surface area contributed by atoms with Gasteiger partial charge in [-0.1, -0.05) is 30.3 Å². The Labute approximate surface area is 68.2 Å². The smallest absolute Gasteiger partial charge is 0.312 e. The molecule has 3 nitrogen and oxygen atoms in total. The van der Waals surface area contributed by atoms with Gasteiger partial charge >= 0.3 is 6.03 Å². The third kappa shape index (κ3) is 2.71. The van der Waals surface area contributed by atoms with E-state index in [0.717, 1.165) is 5.56 Å². The molecule has 1 aromatic carbocycles. The standard InChI is InChI=1S/C8H10N2O.2H2/c9-8(11)10-6-7-4-2-1-3-5-7;;/h1-5H,6H2,(H3,9,10,11);2*1H. The van der Waals surface area contributed by atoms with E-state index in [9.17, 15) is 4.79 Å². The van der Waals surface area contributed by atoms with Crippen LogP contribution >= 0.6 is 0 Å². The lowest BCUT2D eigenvalue weighted by Gasteiger charge is -1.99. The molecule has 0 aliphatic rings. The lowest BCUT2D eigenvalue weighted by Crippen LogP contribution is -2.28. The van der Waals surface area contributed by atoms with Crippen molar-refractivity contribution < 1.29 is 7.65 Å². The van der Waals surface area contributed by atoms with E-state index in [1.54, 1.807) is 0 Å². The van der Waals surface area contributed by atoms with Crippen LogP contribution in [0.15, 0.2) is 30.3 Å². The van der Waals surface area contributed by atoms with Gasteiger partial charge < -0.3 is 11.1 Å². The van der Waals surface area contributed by atoms with E-state index in [2.05, 4.69) is 5.32 Å². The topological polar surface area (TPSA) is 55.1 Å². The first-order valence-electron chi connectivity index (χ1n) is 3.36. The molecule has 3 N–H and O–H groups in total. The van der Waals surface area contributed by atoms with Crippen LogP contribution in [0.5, 0.6) is 0 Å². The van der Waals surface area contributed by atoms with E-state index >= 15 is 0 Å². The highest BCUT2D eigenvalue weighted by Gasteiger charge is 1.91. The number of nitrogens with two attached hydrogens (primary N) is 1. The predicted octanol–water partition coefficient (Wildman–Crippen LogP) is 1.35. The van der Waals surface area contributed by atoms with Crippen molar-refractivity contribution in [2.75, 3.05) is 0 Å². The zero-order valence-corrected chi connectivity index (χ0v) is 6.08. The Morgan fingerprint density at radius 3 is 2.64 bits per heavy atom. The second-order valence-electron chi connectivity index (χ2n) is 2.20. The monoisotopic (exact) mass is 154 g/mol. The summed E-state index contributed by atoms with van der Waals surface area (Å²) < 4.78 is 0. The number of rotatable bonds is 2. The van der Waals surface area contributed by atoms with E-state index in [0.29, 0.717) is 6.54 Å². The molecule has 0 heterocycles. The molecule has 3 heteroatoms. The average Bonchev–Trinajstić information content (AvgIpc) is 2.03. The molecule has 0 radical (unpaired) electrons. The van der Waals surface area contributed by atoms with E-state index in [-0.39, 0.29) is 2.85 Å². The molecular weight excluding hydrogens is 140 g/mol. The van der Waals surface area contributed by atoms with Gasteiger partial charge in [0.2, 0.25) is 0 Å². The second-order valence-corrected chi connectivity index (χ2v) is 2.20. The van der Waals surface area contributed by atoms with Crippen molar-refractivity contribution in [2.24, 2.45) is 5.73 Å². The van der Waals surface area contributed by atoms with Crippen LogP contribution in [0.25, 0.3) is 0 Å². The lowest BCUT2D eigenvalue weighted by molar-refractivity contribution is 0.248. The van der Waals surface area contributed by atoms with Crippen molar-refractivity contribution in [1.29, 1.82) is 0 Å². The van der Waals surface area contributed by atoms with Crippen molar-refractivity contribution in [3.63, 3.8) is 0 Å². The molecular formula is C8H14N2O. The van der Waals surface area contributed by atoms with Crippen LogP contribution in [-0.2, 0) is 6.54 Å². The Morgan fingerprint density at radius 2 is 2.09 bits per heavy atom. The largest absolute Gasteiger partial charge is 0.352 e. The fourth-order valence-corrected chi connectivity index (χ4v) is 0.785. The zero-order valence-electron chi connectivity index (χ0n) is 6.08. The quantitative estimate of drug-likeness (QED) is 0.663. The summed E-state index contributed by atoms with van der Waals surface area (Å²) in [4.78, 5) is 10.3. The van der Waals surface area contributed by atoms with Crippen LogP contribution in [0.3, 0.4) is 0 Å². The summed E-state index contributed by atoms with van der Waals surface area (Å²) in [6, 6.07) is 9.12. The molecule has 0 fully saturated rings. The van der Waals surface area contributed by atoms with Crippen LogP contribution in [-0.4, -0.2) is 6.03 Å². The van der Waals surface area contributed by atoms with Crippen LogP contribution in [0.1, 0.15) is 8.42 Å². The molecule has 0 saturated heterocycles. The predicted molar refractivity (Wildman–Crippen MR) is 47.1 cm³/mol. The Bertz CT molecular complexity index is 241. The van der Waals surface area contributed by atoms with Gasteiger partial charge in [-0.25, -0.2) is 4.79 Å². The SMILES string of the molecule is NC(=O)NCc1ccccc1.[HH].[HH]. The molecule has 0 spiro atoms. The van der Waals surface area contributed by atoms with Crippen LogP contribution in [0, 0.1) is 0 Å². The van der Waals surface area contributed by atoms with Crippen molar-refractivity contribution in [1.82, 2.24) is 5.32 Å². The highest BCUT2D eigenvalue weighted by molar-refractivity contribution is 5.71. The van der Waals surface area contributed by atoms with Crippen molar-refractivity contribution in [2.45, 2.75) is 6.54 Å². The first kappa shape index (κ1) is 7.60. The minimum absolute atomic E-state index is 0. The summed E-state index contributed by atoms with van der Waals surface area (Å²) in [6.45, 7) is 0.496. The minimum Gasteiger partial charge on any atom is -0.352 e. The maximum atomic E-state index is 10.3. The minimum atomic E-state index is -0.492. The van der Waals surface area contributed by atoms with Gasteiger partial charge in [-0.2, -0.15) is 0 Å². The number of hydrogen-bond donors (Lipinski definition) is 2. The maximum absolute atomic E-state index is 10.3. The number of nitrogens with one attached hydrogen (secondary N) is 1. The zero-order chi connectivity index (χ0) is 8.10. The van der Waals surface area contributed by atoms with E-state index in [1.165, 1.54) is 0 Å². The Kier molecular flexibility index (Phi) is 2.49. The Morgan fingerprint density at radius 1 is 1.45 bits per heavy atom. The number of carbonyl (C=O) groups excluding carboxylic acids is 1. The third-order valence-corrected chi connectivity index (χ3v) is 1.31. The molecule has 0 atom stereocenters. The van der Waals surface area contributed by atoms with E-state index in [4.69, 9.17) is 5.73 Å². The van der Waals surface area contributed by atoms with Gasteiger partial charge in [0.05, 0.1) is 0 Å². The molecule has 1 rings (SSSR count). The van der Waals surface area contributed by atoms with Gasteiger partial charge in [-0.15, -0.1) is 0 Å². The Balaban J connectivity index is 0. The first-order valence-corrected chi connectivity index (χ1v) is 3.36. The van der Waals surface area contributed by atoms with Gasteiger partial charge in [0, 0.05) is 9.40 Å². The molecule has 0 unspecified atom stereocenters. The van der Waals surface area contributed by atoms with Gasteiger partial charge in [-0.3, -0.25) is 0 Å².